The predicted molar refractivity (Wildman–Crippen MR) is 81.1 cm³/mol. The van der Waals surface area contributed by atoms with Crippen LogP contribution in [0.15, 0.2) is 54.6 Å². The molecule has 116 valence electrons. The van der Waals surface area contributed by atoms with Gasteiger partial charge in [0.05, 0.1) is 12.2 Å². The van der Waals surface area contributed by atoms with Crippen LogP contribution in [-0.2, 0) is 14.3 Å². The maximum atomic E-state index is 12.3. The topological polar surface area (TPSA) is 69.7 Å². The summed E-state index contributed by atoms with van der Waals surface area (Å²) in [4.78, 5) is 35.6. The van der Waals surface area contributed by atoms with E-state index in [1.807, 2.05) is 6.07 Å². The fourth-order valence-corrected chi connectivity index (χ4v) is 2.30. The lowest BCUT2D eigenvalue weighted by Crippen LogP contribution is -2.22. The molecule has 1 atom stereocenters. The Labute approximate surface area is 132 Å². The lowest BCUT2D eigenvalue weighted by molar-refractivity contribution is -0.145. The molecule has 3 rings (SSSR count). The van der Waals surface area contributed by atoms with Gasteiger partial charge in [-0.2, -0.15) is 0 Å². The van der Waals surface area contributed by atoms with E-state index in [-0.39, 0.29) is 18.0 Å². The fraction of sp³-hybridized carbons (Fsp3) is 0.167. The van der Waals surface area contributed by atoms with Crippen molar-refractivity contribution < 1.29 is 23.9 Å². The molecule has 0 saturated carbocycles. The van der Waals surface area contributed by atoms with Crippen molar-refractivity contribution in [3.8, 4) is 0 Å². The molecule has 0 aliphatic carbocycles. The highest BCUT2D eigenvalue weighted by molar-refractivity contribution is 6.09. The maximum Gasteiger partial charge on any atom is 0.347 e. The molecule has 1 aliphatic rings. The summed E-state index contributed by atoms with van der Waals surface area (Å²) in [5.41, 5.74) is 1.35. The molecule has 23 heavy (non-hydrogen) atoms. The Balaban J connectivity index is 1.70. The molecule has 5 nitrogen and oxygen atoms in total. The predicted octanol–water partition coefficient (Wildman–Crippen LogP) is 2.39. The normalized spacial score (nSPS) is 16.7. The smallest absolute Gasteiger partial charge is 0.347 e. The molecule has 1 saturated heterocycles. The number of hydrogen-bond donors (Lipinski definition) is 0. The standard InChI is InChI=1S/C18H14O5/c19-16(12-4-2-1-3-5-12)13-6-8-14(9-7-13)17(20)23-15-10-11-22-18(15)21/h1-9,15H,10-11H2/t15-/m0/s1. The van der Waals surface area contributed by atoms with E-state index in [4.69, 9.17) is 9.47 Å². The number of cyclic esters (lactones) is 1. The van der Waals surface area contributed by atoms with Gasteiger partial charge in [-0.25, -0.2) is 9.59 Å². The van der Waals surface area contributed by atoms with E-state index in [0.29, 0.717) is 17.5 Å². The molecule has 2 aromatic rings. The van der Waals surface area contributed by atoms with Crippen molar-refractivity contribution in [3.05, 3.63) is 71.3 Å². The Morgan fingerprint density at radius 2 is 1.52 bits per heavy atom. The average molecular weight is 310 g/mol. The van der Waals surface area contributed by atoms with Crippen LogP contribution in [0.1, 0.15) is 32.7 Å². The Hall–Kier alpha value is -2.95. The zero-order valence-corrected chi connectivity index (χ0v) is 12.2. The van der Waals surface area contributed by atoms with Gasteiger partial charge in [0.25, 0.3) is 0 Å². The minimum absolute atomic E-state index is 0.120. The minimum Gasteiger partial charge on any atom is -0.463 e. The van der Waals surface area contributed by atoms with Crippen molar-refractivity contribution in [2.24, 2.45) is 0 Å². The van der Waals surface area contributed by atoms with Crippen molar-refractivity contribution in [1.82, 2.24) is 0 Å². The summed E-state index contributed by atoms with van der Waals surface area (Å²) < 4.78 is 9.84. The molecule has 0 radical (unpaired) electrons. The molecular formula is C18H14O5. The number of carbonyl (C=O) groups excluding carboxylic acids is 3. The van der Waals surface area contributed by atoms with Crippen molar-refractivity contribution in [3.63, 3.8) is 0 Å². The summed E-state index contributed by atoms with van der Waals surface area (Å²) in [6, 6.07) is 15.0. The monoisotopic (exact) mass is 310 g/mol. The fourth-order valence-electron chi connectivity index (χ4n) is 2.30. The third-order valence-electron chi connectivity index (χ3n) is 3.56. The van der Waals surface area contributed by atoms with E-state index >= 15 is 0 Å². The molecule has 0 N–H and O–H groups in total. The highest BCUT2D eigenvalue weighted by Gasteiger charge is 2.30. The zero-order chi connectivity index (χ0) is 16.2. The third kappa shape index (κ3) is 3.29. The van der Waals surface area contributed by atoms with Crippen LogP contribution in [0.2, 0.25) is 0 Å². The van der Waals surface area contributed by atoms with E-state index in [9.17, 15) is 14.4 Å². The summed E-state index contributed by atoms with van der Waals surface area (Å²) in [5.74, 6) is -1.24. The van der Waals surface area contributed by atoms with Gasteiger partial charge in [-0.15, -0.1) is 0 Å². The molecule has 0 spiro atoms. The minimum atomic E-state index is -0.840. The Morgan fingerprint density at radius 1 is 0.913 bits per heavy atom. The van der Waals surface area contributed by atoms with E-state index in [1.165, 1.54) is 12.1 Å². The molecule has 1 heterocycles. The molecule has 2 aromatic carbocycles. The van der Waals surface area contributed by atoms with Crippen LogP contribution in [-0.4, -0.2) is 30.4 Å². The van der Waals surface area contributed by atoms with Crippen LogP contribution in [0.4, 0.5) is 0 Å². The molecule has 1 fully saturated rings. The number of ketones is 1. The lowest BCUT2D eigenvalue weighted by Gasteiger charge is -2.08. The van der Waals surface area contributed by atoms with Gasteiger partial charge in [-0.05, 0) is 12.1 Å². The number of ether oxygens (including phenoxy) is 2. The number of hydrogen-bond acceptors (Lipinski definition) is 5. The van der Waals surface area contributed by atoms with E-state index in [2.05, 4.69) is 0 Å². The van der Waals surface area contributed by atoms with Crippen LogP contribution < -0.4 is 0 Å². The lowest BCUT2D eigenvalue weighted by atomic mass is 10.0. The molecule has 0 bridgehead atoms. The van der Waals surface area contributed by atoms with Crippen LogP contribution in [0.5, 0.6) is 0 Å². The first kappa shape index (κ1) is 15.0. The zero-order valence-electron chi connectivity index (χ0n) is 12.2. The van der Waals surface area contributed by atoms with Gasteiger partial charge in [0.1, 0.15) is 0 Å². The van der Waals surface area contributed by atoms with Crippen molar-refractivity contribution >= 4 is 17.7 Å². The maximum absolute atomic E-state index is 12.3. The quantitative estimate of drug-likeness (QED) is 0.640. The Kier molecular flexibility index (Phi) is 4.19. The Morgan fingerprint density at radius 3 is 2.13 bits per heavy atom. The number of esters is 2. The second-order valence-electron chi connectivity index (χ2n) is 5.12. The molecule has 0 amide bonds. The second-order valence-corrected chi connectivity index (χ2v) is 5.12. The SMILES string of the molecule is O=C(O[C@H]1CCOC1=O)c1ccc(C(=O)c2ccccc2)cc1. The van der Waals surface area contributed by atoms with Gasteiger partial charge in [0.2, 0.25) is 6.10 Å². The summed E-state index contributed by atoms with van der Waals surface area (Å²) in [6.07, 6.45) is -0.470. The molecule has 5 heteroatoms. The van der Waals surface area contributed by atoms with Gasteiger partial charge in [-0.1, -0.05) is 42.5 Å². The summed E-state index contributed by atoms with van der Waals surface area (Å²) in [6.45, 7) is 0.265. The van der Waals surface area contributed by atoms with Crippen LogP contribution in [0.25, 0.3) is 0 Å². The third-order valence-corrected chi connectivity index (χ3v) is 3.56. The Bertz CT molecular complexity index is 734. The molecule has 1 aliphatic heterocycles. The highest BCUT2D eigenvalue weighted by Crippen LogP contribution is 2.15. The summed E-state index contributed by atoms with van der Waals surface area (Å²) >= 11 is 0. The van der Waals surface area contributed by atoms with Gasteiger partial charge >= 0.3 is 11.9 Å². The van der Waals surface area contributed by atoms with Crippen molar-refractivity contribution in [2.75, 3.05) is 6.61 Å². The second kappa shape index (κ2) is 6.44. The highest BCUT2D eigenvalue weighted by atomic mass is 16.6. The van der Waals surface area contributed by atoms with E-state index in [0.717, 1.165) is 0 Å². The molecular weight excluding hydrogens is 296 g/mol. The number of carbonyl (C=O) groups is 3. The molecule has 0 unspecified atom stereocenters. The van der Waals surface area contributed by atoms with Gasteiger partial charge in [-0.3, -0.25) is 4.79 Å². The van der Waals surface area contributed by atoms with Gasteiger partial charge in [0, 0.05) is 17.5 Å². The first-order chi connectivity index (χ1) is 11.1. The van der Waals surface area contributed by atoms with Gasteiger partial charge in [0.15, 0.2) is 5.78 Å². The first-order valence-corrected chi connectivity index (χ1v) is 7.22. The van der Waals surface area contributed by atoms with Crippen LogP contribution in [0, 0.1) is 0 Å². The van der Waals surface area contributed by atoms with Crippen molar-refractivity contribution in [2.45, 2.75) is 12.5 Å². The number of rotatable bonds is 4. The van der Waals surface area contributed by atoms with Crippen LogP contribution in [0.3, 0.4) is 0 Å². The van der Waals surface area contributed by atoms with Crippen molar-refractivity contribution in [1.29, 1.82) is 0 Å². The number of benzene rings is 2. The summed E-state index contributed by atoms with van der Waals surface area (Å²) in [5, 5.41) is 0. The first-order valence-electron chi connectivity index (χ1n) is 7.22. The van der Waals surface area contributed by atoms with Gasteiger partial charge < -0.3 is 9.47 Å². The van der Waals surface area contributed by atoms with Crippen LogP contribution >= 0.6 is 0 Å². The largest absolute Gasteiger partial charge is 0.463 e. The molecule has 0 aromatic heterocycles. The summed E-state index contributed by atoms with van der Waals surface area (Å²) in [7, 11) is 0. The van der Waals surface area contributed by atoms with E-state index < -0.39 is 18.0 Å². The van der Waals surface area contributed by atoms with E-state index in [1.54, 1.807) is 36.4 Å². The average Bonchev–Trinajstić information content (AvgIpc) is 3.00.